The number of methoxy groups -OCH3 is 1. The van der Waals surface area contributed by atoms with Gasteiger partial charge in [0.2, 0.25) is 0 Å². The number of carbonyl (C=O) groups excluding carboxylic acids is 1. The number of carbonyl (C=O) groups is 1. The van der Waals surface area contributed by atoms with Crippen LogP contribution in [0.15, 0.2) is 11.6 Å². The second kappa shape index (κ2) is 6.43. The number of allylic oxidation sites excluding steroid dienone is 1. The van der Waals surface area contributed by atoms with Crippen molar-refractivity contribution in [3.05, 3.63) is 11.6 Å². The Labute approximate surface area is 151 Å². The minimum atomic E-state index is -0.381. The lowest BCUT2D eigenvalue weighted by Crippen LogP contribution is -2.54. The molecule has 1 spiro atoms. The summed E-state index contributed by atoms with van der Waals surface area (Å²) in [7, 11) is 1.38. The third kappa shape index (κ3) is 3.12. The van der Waals surface area contributed by atoms with Gasteiger partial charge in [0.05, 0.1) is 31.8 Å². The van der Waals surface area contributed by atoms with Crippen LogP contribution in [0.1, 0.15) is 65.7 Å². The monoisotopic (exact) mass is 345 g/mol. The van der Waals surface area contributed by atoms with Crippen LogP contribution in [0.4, 0.5) is 0 Å². The fraction of sp³-hybridized carbons (Fsp3) is 0.810. The lowest BCUT2D eigenvalue weighted by Gasteiger charge is -2.59. The number of nitrogens with zero attached hydrogens (tertiary/aromatic N) is 1. The normalized spacial score (nSPS) is 39.4. The molecule has 0 aromatic rings. The van der Waals surface area contributed by atoms with Gasteiger partial charge in [-0.05, 0) is 54.8 Å². The van der Waals surface area contributed by atoms with Gasteiger partial charge < -0.3 is 9.47 Å². The van der Waals surface area contributed by atoms with Crippen LogP contribution in [0.5, 0.6) is 0 Å². The molecular weight excluding hydrogens is 314 g/mol. The van der Waals surface area contributed by atoms with Crippen LogP contribution in [0, 0.1) is 34.0 Å². The lowest BCUT2D eigenvalue weighted by atomic mass is 9.46. The van der Waals surface area contributed by atoms with Crippen LogP contribution in [0.3, 0.4) is 0 Å². The molecule has 1 heterocycles. The van der Waals surface area contributed by atoms with Gasteiger partial charge in [-0.3, -0.25) is 0 Å². The van der Waals surface area contributed by atoms with E-state index in [1.54, 1.807) is 0 Å². The van der Waals surface area contributed by atoms with E-state index in [2.05, 4.69) is 26.8 Å². The van der Waals surface area contributed by atoms with Gasteiger partial charge in [-0.1, -0.05) is 33.3 Å². The predicted molar refractivity (Wildman–Crippen MR) is 95.6 cm³/mol. The Bertz CT molecular complexity index is 611. The van der Waals surface area contributed by atoms with Gasteiger partial charge in [-0.15, -0.1) is 0 Å². The molecule has 3 aliphatic rings. The average molecular weight is 345 g/mol. The van der Waals surface area contributed by atoms with E-state index in [-0.39, 0.29) is 23.4 Å². The Balaban J connectivity index is 1.89. The highest BCUT2D eigenvalue weighted by molar-refractivity contribution is 5.88. The quantitative estimate of drug-likeness (QED) is 0.430. The molecule has 4 atom stereocenters. The zero-order valence-corrected chi connectivity index (χ0v) is 16.1. The van der Waals surface area contributed by atoms with Gasteiger partial charge in [0.25, 0.3) is 0 Å². The van der Waals surface area contributed by atoms with Crippen LogP contribution in [0.2, 0.25) is 0 Å². The molecular formula is C21H31NO3. The highest BCUT2D eigenvalue weighted by Gasteiger charge is 2.64. The molecule has 0 aromatic heterocycles. The Morgan fingerprint density at radius 1 is 1.32 bits per heavy atom. The minimum Gasteiger partial charge on any atom is -0.466 e. The summed E-state index contributed by atoms with van der Waals surface area (Å²) >= 11 is 0. The SMILES string of the molecule is COC(=O)/C(=C/C[C@H]1[C@]2(CCC3C(C)(C)CCC[C@@]31C)CO2)CC#N. The molecule has 1 unspecified atom stereocenters. The summed E-state index contributed by atoms with van der Waals surface area (Å²) in [5.41, 5.74) is 1.09. The summed E-state index contributed by atoms with van der Waals surface area (Å²) in [5, 5.41) is 9.02. The van der Waals surface area contributed by atoms with E-state index in [0.29, 0.717) is 22.8 Å². The molecule has 2 aliphatic carbocycles. The van der Waals surface area contributed by atoms with Crippen LogP contribution < -0.4 is 0 Å². The summed E-state index contributed by atoms with van der Waals surface area (Å²) in [4.78, 5) is 11.9. The third-order valence-electron chi connectivity index (χ3n) is 7.40. The van der Waals surface area contributed by atoms with Gasteiger partial charge in [0.1, 0.15) is 0 Å². The van der Waals surface area contributed by atoms with E-state index in [1.165, 1.54) is 32.8 Å². The first-order valence-electron chi connectivity index (χ1n) is 9.57. The molecule has 0 aromatic carbocycles. The lowest BCUT2D eigenvalue weighted by molar-refractivity contribution is -0.136. The van der Waals surface area contributed by atoms with Crippen molar-refractivity contribution >= 4 is 5.97 Å². The van der Waals surface area contributed by atoms with E-state index in [4.69, 9.17) is 14.7 Å². The number of fused-ring (bicyclic) bond motifs is 1. The summed E-state index contributed by atoms with van der Waals surface area (Å²) in [6, 6.07) is 2.09. The maximum Gasteiger partial charge on any atom is 0.334 e. The number of hydrogen-bond donors (Lipinski definition) is 0. The Hall–Kier alpha value is -1.34. The number of nitriles is 1. The first kappa shape index (κ1) is 18.5. The van der Waals surface area contributed by atoms with E-state index >= 15 is 0 Å². The molecule has 4 nitrogen and oxygen atoms in total. The van der Waals surface area contributed by atoms with Crippen LogP contribution >= 0.6 is 0 Å². The van der Waals surface area contributed by atoms with Crippen molar-refractivity contribution in [3.8, 4) is 6.07 Å². The molecule has 0 amide bonds. The number of hydrogen-bond acceptors (Lipinski definition) is 4. The van der Waals surface area contributed by atoms with E-state index in [9.17, 15) is 4.79 Å². The zero-order chi connectivity index (χ0) is 18.3. The smallest absolute Gasteiger partial charge is 0.334 e. The van der Waals surface area contributed by atoms with Crippen molar-refractivity contribution in [1.29, 1.82) is 5.26 Å². The first-order valence-corrected chi connectivity index (χ1v) is 9.57. The van der Waals surface area contributed by atoms with Gasteiger partial charge in [-0.25, -0.2) is 4.79 Å². The Kier molecular flexibility index (Phi) is 4.75. The van der Waals surface area contributed by atoms with Crippen molar-refractivity contribution < 1.29 is 14.3 Å². The minimum absolute atomic E-state index is 0.00302. The standard InChI is InChI=1S/C21H31NO3/c1-19(2)10-5-11-20(3)16(19)8-12-21(14-25-21)17(20)7-6-15(9-13-22)18(23)24-4/h6,16-17H,5,7-12,14H2,1-4H3/b15-6+/t16?,17-,20+,21+/m1/s1. The van der Waals surface area contributed by atoms with E-state index in [0.717, 1.165) is 19.4 Å². The molecule has 2 saturated carbocycles. The summed E-state index contributed by atoms with van der Waals surface area (Å²) in [6.45, 7) is 8.13. The summed E-state index contributed by atoms with van der Waals surface area (Å²) in [5.74, 6) is 0.727. The fourth-order valence-electron chi connectivity index (χ4n) is 6.09. The largest absolute Gasteiger partial charge is 0.466 e. The van der Waals surface area contributed by atoms with Crippen LogP contribution in [0.25, 0.3) is 0 Å². The van der Waals surface area contributed by atoms with Crippen molar-refractivity contribution in [3.63, 3.8) is 0 Å². The highest BCUT2D eigenvalue weighted by Crippen LogP contribution is 2.66. The maximum atomic E-state index is 11.9. The van der Waals surface area contributed by atoms with Crippen LogP contribution in [-0.2, 0) is 14.3 Å². The van der Waals surface area contributed by atoms with Gasteiger partial charge in [0, 0.05) is 5.57 Å². The molecule has 3 rings (SSSR count). The molecule has 1 saturated heterocycles. The van der Waals surface area contributed by atoms with Gasteiger partial charge in [0.15, 0.2) is 0 Å². The van der Waals surface area contributed by atoms with Crippen LogP contribution in [-0.4, -0.2) is 25.3 Å². The second-order valence-corrected chi connectivity index (χ2v) is 9.14. The second-order valence-electron chi connectivity index (χ2n) is 9.14. The predicted octanol–water partition coefficient (Wildman–Crippen LogP) is 4.40. The van der Waals surface area contributed by atoms with Crippen molar-refractivity contribution in [2.45, 2.75) is 71.3 Å². The topological polar surface area (TPSA) is 62.6 Å². The zero-order valence-electron chi connectivity index (χ0n) is 16.1. The number of esters is 1. The maximum absolute atomic E-state index is 11.9. The average Bonchev–Trinajstić information content (AvgIpc) is 3.31. The van der Waals surface area contributed by atoms with Crippen molar-refractivity contribution in [1.82, 2.24) is 0 Å². The third-order valence-corrected chi connectivity index (χ3v) is 7.40. The molecule has 3 fully saturated rings. The van der Waals surface area contributed by atoms with E-state index in [1.807, 2.05) is 6.08 Å². The molecule has 0 radical (unpaired) electrons. The summed E-state index contributed by atoms with van der Waals surface area (Å²) in [6.07, 6.45) is 9.03. The highest BCUT2D eigenvalue weighted by atomic mass is 16.6. The Morgan fingerprint density at radius 3 is 2.64 bits per heavy atom. The number of ether oxygens (including phenoxy) is 2. The molecule has 0 N–H and O–H groups in total. The fourth-order valence-corrected chi connectivity index (χ4v) is 6.09. The number of epoxide rings is 1. The first-order chi connectivity index (χ1) is 11.8. The van der Waals surface area contributed by atoms with Gasteiger partial charge in [-0.2, -0.15) is 5.26 Å². The van der Waals surface area contributed by atoms with E-state index < -0.39 is 0 Å². The molecule has 138 valence electrons. The van der Waals surface area contributed by atoms with Crippen molar-refractivity contribution in [2.75, 3.05) is 13.7 Å². The molecule has 25 heavy (non-hydrogen) atoms. The molecule has 0 bridgehead atoms. The number of rotatable bonds is 4. The summed E-state index contributed by atoms with van der Waals surface area (Å²) < 4.78 is 10.8. The Morgan fingerprint density at radius 2 is 2.04 bits per heavy atom. The van der Waals surface area contributed by atoms with Gasteiger partial charge >= 0.3 is 5.97 Å². The van der Waals surface area contributed by atoms with Crippen molar-refractivity contribution in [2.24, 2.45) is 22.7 Å². The molecule has 4 heteroatoms. The molecule has 1 aliphatic heterocycles.